The average molecular weight is 238 g/mol. The van der Waals surface area contributed by atoms with E-state index >= 15 is 0 Å². The van der Waals surface area contributed by atoms with Gasteiger partial charge in [-0.15, -0.1) is 12.3 Å². The lowest BCUT2D eigenvalue weighted by Crippen LogP contribution is -2.53. The second-order valence-electron chi connectivity index (χ2n) is 5.76. The van der Waals surface area contributed by atoms with Crippen molar-refractivity contribution < 1.29 is 9.47 Å². The Morgan fingerprint density at radius 1 is 1.24 bits per heavy atom. The molecule has 1 rings (SSSR count). The number of terminal acetylenes is 1. The van der Waals surface area contributed by atoms with Gasteiger partial charge >= 0.3 is 0 Å². The molecule has 0 bridgehead atoms. The van der Waals surface area contributed by atoms with Crippen molar-refractivity contribution in [3.8, 4) is 12.3 Å². The molecule has 1 fully saturated rings. The molecule has 1 aliphatic rings. The fourth-order valence-corrected chi connectivity index (χ4v) is 2.60. The van der Waals surface area contributed by atoms with Crippen LogP contribution in [0.1, 0.15) is 48.0 Å². The zero-order chi connectivity index (χ0) is 13.2. The Bertz CT molecular complexity index is 290. The summed E-state index contributed by atoms with van der Waals surface area (Å²) in [4.78, 5) is 0. The first kappa shape index (κ1) is 14.5. The van der Waals surface area contributed by atoms with Gasteiger partial charge in [-0.2, -0.15) is 0 Å². The molecule has 98 valence electrons. The summed E-state index contributed by atoms with van der Waals surface area (Å²) in [5.74, 6) is 3.26. The van der Waals surface area contributed by atoms with E-state index in [0.717, 1.165) is 6.42 Å². The molecule has 1 saturated heterocycles. The van der Waals surface area contributed by atoms with Crippen molar-refractivity contribution in [3.63, 3.8) is 0 Å². The normalized spacial score (nSPS) is 35.9. The minimum absolute atomic E-state index is 0.0859. The highest BCUT2D eigenvalue weighted by Gasteiger charge is 2.44. The molecule has 0 unspecified atom stereocenters. The molecule has 5 atom stereocenters. The Hall–Kier alpha value is -0.520. The predicted molar refractivity (Wildman–Crippen MR) is 70.4 cm³/mol. The monoisotopic (exact) mass is 238 g/mol. The summed E-state index contributed by atoms with van der Waals surface area (Å²) >= 11 is 0. The molecule has 1 heterocycles. The third-order valence-corrected chi connectivity index (χ3v) is 3.84. The third kappa shape index (κ3) is 3.24. The van der Waals surface area contributed by atoms with Crippen LogP contribution in [0.3, 0.4) is 0 Å². The fraction of sp³-hybridized carbons (Fsp3) is 0.867. The highest BCUT2D eigenvalue weighted by Crippen LogP contribution is 2.37. The van der Waals surface area contributed by atoms with Gasteiger partial charge in [0.1, 0.15) is 0 Å². The summed E-state index contributed by atoms with van der Waals surface area (Å²) in [6, 6.07) is 0. The van der Waals surface area contributed by atoms with Gasteiger partial charge < -0.3 is 9.47 Å². The first-order valence-electron chi connectivity index (χ1n) is 6.64. The standard InChI is InChI=1S/C15H26O2/c1-8-10(3)13-12(5)14(11(4)9-2)17-15(6,7)16-13/h1,10-14H,9H2,2-7H3/t10-,11-,12+,13-,14-/m0/s1. The smallest absolute Gasteiger partial charge is 0.163 e. The van der Waals surface area contributed by atoms with Crippen LogP contribution in [0, 0.1) is 30.1 Å². The Morgan fingerprint density at radius 3 is 2.24 bits per heavy atom. The van der Waals surface area contributed by atoms with Crippen LogP contribution in [-0.4, -0.2) is 18.0 Å². The van der Waals surface area contributed by atoms with Crippen molar-refractivity contribution in [2.24, 2.45) is 17.8 Å². The lowest BCUT2D eigenvalue weighted by Gasteiger charge is -2.48. The van der Waals surface area contributed by atoms with Crippen LogP contribution in [0.5, 0.6) is 0 Å². The zero-order valence-corrected chi connectivity index (χ0v) is 12.0. The van der Waals surface area contributed by atoms with Gasteiger partial charge in [-0.05, 0) is 26.7 Å². The van der Waals surface area contributed by atoms with Crippen molar-refractivity contribution in [1.82, 2.24) is 0 Å². The largest absolute Gasteiger partial charge is 0.347 e. The Labute approximate surface area is 106 Å². The molecule has 17 heavy (non-hydrogen) atoms. The molecule has 0 saturated carbocycles. The van der Waals surface area contributed by atoms with E-state index in [4.69, 9.17) is 15.9 Å². The minimum atomic E-state index is -0.531. The molecular formula is C15H26O2. The van der Waals surface area contributed by atoms with Gasteiger partial charge in [0.05, 0.1) is 12.2 Å². The zero-order valence-electron chi connectivity index (χ0n) is 12.0. The van der Waals surface area contributed by atoms with Crippen LogP contribution in [0.2, 0.25) is 0 Å². The van der Waals surface area contributed by atoms with Crippen molar-refractivity contribution in [2.45, 2.75) is 66.0 Å². The number of ether oxygens (including phenoxy) is 2. The van der Waals surface area contributed by atoms with E-state index in [1.54, 1.807) is 0 Å². The minimum Gasteiger partial charge on any atom is -0.347 e. The van der Waals surface area contributed by atoms with Crippen LogP contribution < -0.4 is 0 Å². The van der Waals surface area contributed by atoms with Gasteiger partial charge in [0.2, 0.25) is 0 Å². The summed E-state index contributed by atoms with van der Waals surface area (Å²) in [6.45, 7) is 12.6. The summed E-state index contributed by atoms with van der Waals surface area (Å²) in [5.41, 5.74) is 0. The molecule has 0 aromatic carbocycles. The Balaban J connectivity index is 2.91. The second-order valence-corrected chi connectivity index (χ2v) is 5.76. The van der Waals surface area contributed by atoms with E-state index in [9.17, 15) is 0 Å². The average Bonchev–Trinajstić information content (AvgIpc) is 2.29. The van der Waals surface area contributed by atoms with E-state index in [2.05, 4.69) is 33.6 Å². The molecule has 0 aromatic heterocycles. The van der Waals surface area contributed by atoms with Crippen LogP contribution in [0.4, 0.5) is 0 Å². The second kappa shape index (κ2) is 5.42. The first-order valence-corrected chi connectivity index (χ1v) is 6.64. The van der Waals surface area contributed by atoms with Gasteiger partial charge in [-0.25, -0.2) is 0 Å². The maximum atomic E-state index is 6.07. The van der Waals surface area contributed by atoms with Crippen molar-refractivity contribution in [1.29, 1.82) is 0 Å². The molecule has 0 aromatic rings. The van der Waals surface area contributed by atoms with Crippen molar-refractivity contribution in [2.75, 3.05) is 0 Å². The molecule has 2 nitrogen and oxygen atoms in total. The summed E-state index contributed by atoms with van der Waals surface area (Å²) in [6.07, 6.45) is 6.96. The number of hydrogen-bond acceptors (Lipinski definition) is 2. The van der Waals surface area contributed by atoms with E-state index in [1.807, 2.05) is 13.8 Å². The number of rotatable bonds is 3. The topological polar surface area (TPSA) is 18.5 Å². The van der Waals surface area contributed by atoms with Gasteiger partial charge in [0.15, 0.2) is 5.79 Å². The highest BCUT2D eigenvalue weighted by atomic mass is 16.7. The van der Waals surface area contributed by atoms with Crippen molar-refractivity contribution >= 4 is 0 Å². The quantitative estimate of drug-likeness (QED) is 0.701. The summed E-state index contributed by atoms with van der Waals surface area (Å²) < 4.78 is 12.1. The molecular weight excluding hydrogens is 212 g/mol. The van der Waals surface area contributed by atoms with Gasteiger partial charge in [-0.3, -0.25) is 0 Å². The van der Waals surface area contributed by atoms with E-state index in [1.165, 1.54) is 0 Å². The van der Waals surface area contributed by atoms with Gasteiger partial charge in [0, 0.05) is 11.8 Å². The molecule has 1 aliphatic heterocycles. The Morgan fingerprint density at radius 2 is 1.76 bits per heavy atom. The molecule has 0 spiro atoms. The predicted octanol–water partition coefficient (Wildman–Crippen LogP) is 3.46. The third-order valence-electron chi connectivity index (χ3n) is 3.84. The van der Waals surface area contributed by atoms with Gasteiger partial charge in [0.25, 0.3) is 0 Å². The summed E-state index contributed by atoms with van der Waals surface area (Å²) in [5, 5.41) is 0. The van der Waals surface area contributed by atoms with Crippen LogP contribution in [-0.2, 0) is 9.47 Å². The Kier molecular flexibility index (Phi) is 4.63. The SMILES string of the molecule is C#C[C@H](C)[C@@H]1OC(C)(C)O[C@@H]([C@@H](C)CC)[C@@H]1C. The van der Waals surface area contributed by atoms with E-state index in [0.29, 0.717) is 11.8 Å². The van der Waals surface area contributed by atoms with Crippen LogP contribution >= 0.6 is 0 Å². The summed E-state index contributed by atoms with van der Waals surface area (Å²) in [7, 11) is 0. The molecule has 0 amide bonds. The lowest BCUT2D eigenvalue weighted by atomic mass is 9.82. The fourth-order valence-electron chi connectivity index (χ4n) is 2.60. The highest BCUT2D eigenvalue weighted by molar-refractivity contribution is 4.99. The van der Waals surface area contributed by atoms with Crippen LogP contribution in [0.25, 0.3) is 0 Å². The first-order chi connectivity index (χ1) is 7.82. The molecule has 0 radical (unpaired) electrons. The van der Waals surface area contributed by atoms with E-state index in [-0.39, 0.29) is 18.1 Å². The van der Waals surface area contributed by atoms with Crippen molar-refractivity contribution in [3.05, 3.63) is 0 Å². The molecule has 0 N–H and O–H groups in total. The number of hydrogen-bond donors (Lipinski definition) is 0. The lowest BCUT2D eigenvalue weighted by molar-refractivity contribution is -0.331. The van der Waals surface area contributed by atoms with Crippen LogP contribution in [0.15, 0.2) is 0 Å². The van der Waals surface area contributed by atoms with E-state index < -0.39 is 5.79 Å². The molecule has 0 aliphatic carbocycles. The maximum absolute atomic E-state index is 6.07. The maximum Gasteiger partial charge on any atom is 0.163 e. The van der Waals surface area contributed by atoms with Gasteiger partial charge in [-0.1, -0.05) is 27.2 Å². The molecule has 2 heteroatoms.